The van der Waals surface area contributed by atoms with Crippen LogP contribution in [0.1, 0.15) is 162 Å². The maximum atomic E-state index is 11.1. The molecule has 4 aromatic rings. The Labute approximate surface area is 373 Å². The summed E-state index contributed by atoms with van der Waals surface area (Å²) in [5.74, 6) is -4.85. The van der Waals surface area contributed by atoms with Crippen LogP contribution >= 0.6 is 0 Å². The zero-order valence-electron chi connectivity index (χ0n) is 36.9. The van der Waals surface area contributed by atoms with Gasteiger partial charge in [-0.1, -0.05) is 116 Å². The van der Waals surface area contributed by atoms with Crippen LogP contribution in [0, 0.1) is 0 Å². The number of carboxylic acid groups (broad SMARTS) is 2. The molecule has 4 rings (SSSR count). The molecule has 0 fully saturated rings. The van der Waals surface area contributed by atoms with E-state index in [1.807, 2.05) is 50.2 Å². The summed E-state index contributed by atoms with van der Waals surface area (Å²) < 4.78 is 0. The number of para-hydroxylation sites is 2. The number of carbonyl (C=O) groups excluding carboxylic acids is 2. The predicted molar refractivity (Wildman–Crippen MR) is 240 cm³/mol. The Morgan fingerprint density at radius 3 is 1.11 bits per heavy atom. The third-order valence-electron chi connectivity index (χ3n) is 10.1. The molecule has 0 aromatic heterocycles. The molecular formula is C50H66N2NiO8. The Balaban J connectivity index is 0.000000461. The zero-order valence-corrected chi connectivity index (χ0v) is 37.9. The van der Waals surface area contributed by atoms with Crippen molar-refractivity contribution >= 4 is 34.7 Å². The van der Waals surface area contributed by atoms with Crippen molar-refractivity contribution in [2.75, 3.05) is 0 Å². The first-order chi connectivity index (χ1) is 28.9. The van der Waals surface area contributed by atoms with E-state index in [4.69, 9.17) is 9.98 Å². The van der Waals surface area contributed by atoms with Gasteiger partial charge in [0.05, 0.1) is 34.7 Å². The molecular weight excluding hydrogens is 815 g/mol. The second-order valence-electron chi connectivity index (χ2n) is 14.7. The molecule has 0 atom stereocenters. The molecule has 0 aliphatic heterocycles. The molecule has 0 spiro atoms. The van der Waals surface area contributed by atoms with Crippen LogP contribution in [0.15, 0.2) is 82.8 Å². The molecule has 10 nitrogen and oxygen atoms in total. The van der Waals surface area contributed by atoms with Gasteiger partial charge in [0, 0.05) is 11.1 Å². The number of carboxylic acids is 2. The van der Waals surface area contributed by atoms with Crippen molar-refractivity contribution in [1.29, 1.82) is 0 Å². The quantitative estimate of drug-likeness (QED) is 0.0276. The second kappa shape index (κ2) is 30.0. The number of hydrogen-bond donors (Lipinski definition) is 4. The van der Waals surface area contributed by atoms with Gasteiger partial charge in [0.1, 0.15) is 0 Å². The molecule has 0 amide bonds. The molecule has 0 aliphatic rings. The Bertz CT molecular complexity index is 1840. The maximum absolute atomic E-state index is 11.1. The Morgan fingerprint density at radius 1 is 0.508 bits per heavy atom. The third-order valence-corrected chi connectivity index (χ3v) is 10.1. The van der Waals surface area contributed by atoms with E-state index in [0.717, 1.165) is 98.1 Å². The number of benzene rings is 4. The molecule has 61 heavy (non-hydrogen) atoms. The number of aryl methyl sites for hydroxylation is 2. The number of aromatic carboxylic acids is 2. The monoisotopic (exact) mass is 880 g/mol. The summed E-state index contributed by atoms with van der Waals surface area (Å²) in [7, 11) is 0. The van der Waals surface area contributed by atoms with E-state index in [9.17, 15) is 40.2 Å². The van der Waals surface area contributed by atoms with Gasteiger partial charge in [0.2, 0.25) is 0 Å². The van der Waals surface area contributed by atoms with Gasteiger partial charge in [-0.25, -0.2) is 0 Å². The number of rotatable bonds is 21. The molecule has 0 unspecified atom stereocenters. The van der Waals surface area contributed by atoms with Crippen LogP contribution in [0.4, 0.5) is 11.4 Å². The van der Waals surface area contributed by atoms with E-state index in [1.54, 1.807) is 0 Å². The number of carbonyl (C=O) groups is 2. The summed E-state index contributed by atoms with van der Waals surface area (Å²) in [5, 5.41) is 60.6. The van der Waals surface area contributed by atoms with Gasteiger partial charge in [-0.15, -0.1) is 0 Å². The van der Waals surface area contributed by atoms with E-state index < -0.39 is 34.9 Å². The first kappa shape index (κ1) is 53.9. The molecule has 0 bridgehead atoms. The van der Waals surface area contributed by atoms with Crippen LogP contribution in [0.2, 0.25) is 0 Å². The SMILES string of the molecule is CCCCC(=Nc1ccccc1)C(CCCC)=Nc1ccccc1.CCCCCc1c(CC)cc(O)c(O)c1C(=O)[O-].CCCCCc1c(CC)cc(O)c(O)c1C(=O)[O-].[Ni+2]. The first-order valence-corrected chi connectivity index (χ1v) is 21.7. The van der Waals surface area contributed by atoms with Gasteiger partial charge in [0.15, 0.2) is 23.0 Å². The van der Waals surface area contributed by atoms with E-state index in [2.05, 4.69) is 52.0 Å². The fourth-order valence-corrected chi connectivity index (χ4v) is 6.78. The summed E-state index contributed by atoms with van der Waals surface area (Å²) in [6.45, 7) is 12.3. The zero-order chi connectivity index (χ0) is 44.5. The van der Waals surface area contributed by atoms with Crippen molar-refractivity contribution < 1.29 is 56.7 Å². The topological polar surface area (TPSA) is 186 Å². The third kappa shape index (κ3) is 17.8. The minimum atomic E-state index is -1.44. The van der Waals surface area contributed by atoms with Crippen LogP contribution in [0.3, 0.4) is 0 Å². The van der Waals surface area contributed by atoms with Gasteiger partial charge in [-0.3, -0.25) is 9.98 Å². The molecule has 11 heteroatoms. The number of hydrogen-bond acceptors (Lipinski definition) is 10. The summed E-state index contributed by atoms with van der Waals surface area (Å²) in [4.78, 5) is 32.1. The summed E-state index contributed by atoms with van der Waals surface area (Å²) in [6.07, 6.45) is 14.7. The van der Waals surface area contributed by atoms with Crippen molar-refractivity contribution in [3.8, 4) is 23.0 Å². The summed E-state index contributed by atoms with van der Waals surface area (Å²) >= 11 is 0. The number of unbranched alkanes of at least 4 members (excludes halogenated alkanes) is 6. The smallest absolute Gasteiger partial charge is 0.545 e. The summed E-state index contributed by atoms with van der Waals surface area (Å²) in [6, 6.07) is 23.3. The number of aromatic hydroxyl groups is 4. The second-order valence-corrected chi connectivity index (χ2v) is 14.7. The fourth-order valence-electron chi connectivity index (χ4n) is 6.78. The molecule has 0 heterocycles. The predicted octanol–water partition coefficient (Wildman–Crippen LogP) is 10.4. The van der Waals surface area contributed by atoms with E-state index in [-0.39, 0.29) is 27.6 Å². The van der Waals surface area contributed by atoms with Gasteiger partial charge < -0.3 is 40.2 Å². The van der Waals surface area contributed by atoms with Crippen LogP contribution in [0.25, 0.3) is 0 Å². The molecule has 4 N–H and O–H groups in total. The van der Waals surface area contributed by atoms with Crippen molar-refractivity contribution in [3.05, 3.63) is 106 Å². The minimum absolute atomic E-state index is 0. The van der Waals surface area contributed by atoms with Crippen molar-refractivity contribution in [2.45, 2.75) is 144 Å². The fraction of sp³-hybridized carbons (Fsp3) is 0.440. The Hall–Kier alpha value is -5.15. The van der Waals surface area contributed by atoms with E-state index >= 15 is 0 Å². The van der Waals surface area contributed by atoms with Gasteiger partial charge >= 0.3 is 16.5 Å². The summed E-state index contributed by atoms with van der Waals surface area (Å²) in [5.41, 5.74) is 6.46. The van der Waals surface area contributed by atoms with Crippen molar-refractivity contribution in [3.63, 3.8) is 0 Å². The molecule has 0 saturated heterocycles. The standard InChI is InChI=1S/C22H28N2.2C14H20O4.Ni/c1-3-5-17-21(23-19-13-9-7-10-14-19)22(18-6-4-2)24-20-15-11-8-12-16-20;2*1-3-5-6-7-10-9(4-2)8-11(15)13(16)12(10)14(17)18;/h7-16H,3-6,17-18H2,1-2H3;2*8,15-16H,3-7H2,1-2H3,(H,17,18);/q;;;+2/p-2. The van der Waals surface area contributed by atoms with Gasteiger partial charge in [-0.05, 0) is 123 Å². The molecule has 4 aromatic carbocycles. The first-order valence-electron chi connectivity index (χ1n) is 21.7. The van der Waals surface area contributed by atoms with Crippen LogP contribution in [-0.4, -0.2) is 43.8 Å². The average Bonchev–Trinajstić information content (AvgIpc) is 3.24. The normalized spacial score (nSPS) is 11.1. The Morgan fingerprint density at radius 2 is 0.836 bits per heavy atom. The maximum Gasteiger partial charge on any atom is 2.00 e. The van der Waals surface area contributed by atoms with E-state index in [1.165, 1.54) is 25.0 Å². The molecule has 0 saturated carbocycles. The van der Waals surface area contributed by atoms with Crippen LogP contribution in [0.5, 0.6) is 23.0 Å². The average molecular weight is 882 g/mol. The molecule has 0 aliphatic carbocycles. The van der Waals surface area contributed by atoms with Gasteiger partial charge in [0.25, 0.3) is 0 Å². The number of phenols is 4. The Kier molecular flexibility index (Phi) is 26.5. The largest absolute Gasteiger partial charge is 2.00 e. The van der Waals surface area contributed by atoms with Gasteiger partial charge in [-0.2, -0.15) is 0 Å². The number of nitrogens with zero attached hydrogens (tertiary/aromatic N) is 2. The molecule has 0 radical (unpaired) electrons. The van der Waals surface area contributed by atoms with Crippen LogP contribution in [-0.2, 0) is 42.2 Å². The van der Waals surface area contributed by atoms with Crippen LogP contribution < -0.4 is 10.2 Å². The minimum Gasteiger partial charge on any atom is -0.545 e. The van der Waals surface area contributed by atoms with E-state index in [0.29, 0.717) is 36.8 Å². The van der Waals surface area contributed by atoms with Crippen molar-refractivity contribution in [2.24, 2.45) is 9.98 Å². The molecule has 334 valence electrons. The van der Waals surface area contributed by atoms with Crippen molar-refractivity contribution in [1.82, 2.24) is 0 Å². The number of aliphatic imine (C=N–C) groups is 2. The number of phenolic OH excluding ortho intramolecular Hbond substituents is 2.